The number of halogens is 2. The fraction of sp³-hybridized carbons (Fsp3) is 0.400. The Balaban J connectivity index is 3.22. The molecule has 0 bridgehead atoms. The number of phenols is 1. The standard InChI is InChI=1S/C10H13Br2NO2/c1-5(13)3-6-4-7(15-2)10(14)9(12)8(6)11/h4-5,14H,3,13H2,1-2H3. The average molecular weight is 339 g/mol. The van der Waals surface area contributed by atoms with Crippen molar-refractivity contribution in [1.82, 2.24) is 0 Å². The van der Waals surface area contributed by atoms with Crippen molar-refractivity contribution in [2.75, 3.05) is 7.11 Å². The van der Waals surface area contributed by atoms with Crippen LogP contribution in [0.3, 0.4) is 0 Å². The summed E-state index contributed by atoms with van der Waals surface area (Å²) in [6, 6.07) is 1.84. The quantitative estimate of drug-likeness (QED) is 0.891. The van der Waals surface area contributed by atoms with Crippen molar-refractivity contribution in [3.63, 3.8) is 0 Å². The molecule has 0 aliphatic rings. The van der Waals surface area contributed by atoms with Gasteiger partial charge in [0, 0.05) is 10.5 Å². The number of ether oxygens (including phenoxy) is 1. The first-order chi connectivity index (χ1) is 6.97. The molecule has 1 atom stereocenters. The molecule has 84 valence electrons. The van der Waals surface area contributed by atoms with Gasteiger partial charge in [-0.25, -0.2) is 0 Å². The van der Waals surface area contributed by atoms with E-state index in [9.17, 15) is 5.11 Å². The molecular weight excluding hydrogens is 326 g/mol. The van der Waals surface area contributed by atoms with Crippen molar-refractivity contribution >= 4 is 31.9 Å². The monoisotopic (exact) mass is 337 g/mol. The van der Waals surface area contributed by atoms with Gasteiger partial charge in [0.2, 0.25) is 0 Å². The average Bonchev–Trinajstić information content (AvgIpc) is 2.18. The Labute approximate surface area is 106 Å². The lowest BCUT2D eigenvalue weighted by Gasteiger charge is -2.13. The minimum absolute atomic E-state index is 0.0578. The fourth-order valence-corrected chi connectivity index (χ4v) is 2.21. The van der Waals surface area contributed by atoms with Crippen LogP contribution >= 0.6 is 31.9 Å². The van der Waals surface area contributed by atoms with Crippen molar-refractivity contribution < 1.29 is 9.84 Å². The maximum Gasteiger partial charge on any atom is 0.173 e. The molecule has 5 heteroatoms. The Bertz CT molecular complexity index is 367. The first kappa shape index (κ1) is 12.8. The van der Waals surface area contributed by atoms with Crippen LogP contribution in [-0.4, -0.2) is 18.3 Å². The number of aromatic hydroxyl groups is 1. The third kappa shape index (κ3) is 2.86. The molecule has 0 heterocycles. The van der Waals surface area contributed by atoms with E-state index < -0.39 is 0 Å². The third-order valence-corrected chi connectivity index (χ3v) is 4.19. The molecule has 1 unspecified atom stereocenters. The van der Waals surface area contributed by atoms with Gasteiger partial charge in [0.15, 0.2) is 11.5 Å². The zero-order chi connectivity index (χ0) is 11.6. The van der Waals surface area contributed by atoms with Gasteiger partial charge >= 0.3 is 0 Å². The molecule has 0 aromatic heterocycles. The molecule has 1 aromatic carbocycles. The van der Waals surface area contributed by atoms with Gasteiger partial charge in [-0.05, 0) is 56.8 Å². The summed E-state index contributed by atoms with van der Waals surface area (Å²) >= 11 is 6.70. The largest absolute Gasteiger partial charge is 0.503 e. The summed E-state index contributed by atoms with van der Waals surface area (Å²) < 4.78 is 6.47. The van der Waals surface area contributed by atoms with E-state index in [0.717, 1.165) is 16.5 Å². The molecule has 0 saturated heterocycles. The Kier molecular flexibility index (Phi) is 4.43. The normalized spacial score (nSPS) is 12.6. The summed E-state index contributed by atoms with van der Waals surface area (Å²) in [5.74, 6) is 0.540. The summed E-state index contributed by atoms with van der Waals surface area (Å²) in [5.41, 5.74) is 6.74. The second-order valence-corrected chi connectivity index (χ2v) is 4.98. The summed E-state index contributed by atoms with van der Waals surface area (Å²) in [4.78, 5) is 0. The van der Waals surface area contributed by atoms with E-state index in [1.807, 2.05) is 6.92 Å². The summed E-state index contributed by atoms with van der Waals surface area (Å²) in [7, 11) is 1.52. The van der Waals surface area contributed by atoms with Crippen molar-refractivity contribution in [3.8, 4) is 11.5 Å². The van der Waals surface area contributed by atoms with Crippen LogP contribution in [0.2, 0.25) is 0 Å². The van der Waals surface area contributed by atoms with Gasteiger partial charge in [-0.2, -0.15) is 0 Å². The Morgan fingerprint density at radius 3 is 2.53 bits per heavy atom. The van der Waals surface area contributed by atoms with Gasteiger partial charge in [0.05, 0.1) is 11.6 Å². The lowest BCUT2D eigenvalue weighted by molar-refractivity contribution is 0.371. The number of nitrogens with two attached hydrogens (primary N) is 1. The minimum atomic E-state index is 0.0578. The van der Waals surface area contributed by atoms with Crippen molar-refractivity contribution in [2.45, 2.75) is 19.4 Å². The fourth-order valence-electron chi connectivity index (χ4n) is 1.29. The Morgan fingerprint density at radius 1 is 1.47 bits per heavy atom. The van der Waals surface area contributed by atoms with Gasteiger partial charge in [0.1, 0.15) is 0 Å². The van der Waals surface area contributed by atoms with Crippen LogP contribution in [0.5, 0.6) is 11.5 Å². The van der Waals surface area contributed by atoms with Gasteiger partial charge in [-0.1, -0.05) is 0 Å². The molecule has 0 radical (unpaired) electrons. The second kappa shape index (κ2) is 5.18. The van der Waals surface area contributed by atoms with Crippen LogP contribution in [0.4, 0.5) is 0 Å². The number of hydrogen-bond acceptors (Lipinski definition) is 3. The molecule has 15 heavy (non-hydrogen) atoms. The Hall–Kier alpha value is -0.260. The zero-order valence-corrected chi connectivity index (χ0v) is 11.7. The van der Waals surface area contributed by atoms with E-state index in [0.29, 0.717) is 10.2 Å². The van der Waals surface area contributed by atoms with Gasteiger partial charge in [-0.15, -0.1) is 0 Å². The molecule has 1 rings (SSSR count). The summed E-state index contributed by atoms with van der Waals surface area (Å²) in [6.07, 6.45) is 0.718. The third-order valence-electron chi connectivity index (χ3n) is 1.98. The molecule has 1 aromatic rings. The predicted molar refractivity (Wildman–Crippen MR) is 67.4 cm³/mol. The first-order valence-corrected chi connectivity index (χ1v) is 6.05. The summed E-state index contributed by atoms with van der Waals surface area (Å²) in [6.45, 7) is 1.93. The summed E-state index contributed by atoms with van der Waals surface area (Å²) in [5, 5.41) is 9.70. The molecule has 0 amide bonds. The van der Waals surface area contributed by atoms with Crippen LogP contribution in [0.25, 0.3) is 0 Å². The van der Waals surface area contributed by atoms with E-state index in [-0.39, 0.29) is 11.8 Å². The molecule has 0 aliphatic heterocycles. The van der Waals surface area contributed by atoms with E-state index in [2.05, 4.69) is 31.9 Å². The number of rotatable bonds is 3. The van der Waals surface area contributed by atoms with Crippen LogP contribution < -0.4 is 10.5 Å². The topological polar surface area (TPSA) is 55.5 Å². The zero-order valence-electron chi connectivity index (χ0n) is 8.55. The molecule has 0 fully saturated rings. The SMILES string of the molecule is COc1cc(CC(C)N)c(Br)c(Br)c1O. The molecular formula is C10H13Br2NO2. The maximum atomic E-state index is 9.70. The van der Waals surface area contributed by atoms with Crippen LogP contribution in [0, 0.1) is 0 Å². The van der Waals surface area contributed by atoms with Gasteiger partial charge in [0.25, 0.3) is 0 Å². The minimum Gasteiger partial charge on any atom is -0.503 e. The van der Waals surface area contributed by atoms with Gasteiger partial charge in [-0.3, -0.25) is 0 Å². The van der Waals surface area contributed by atoms with Crippen LogP contribution in [-0.2, 0) is 6.42 Å². The molecule has 0 aliphatic carbocycles. The smallest absolute Gasteiger partial charge is 0.173 e. The Morgan fingerprint density at radius 2 is 2.07 bits per heavy atom. The molecule has 0 spiro atoms. The molecule has 0 saturated carbocycles. The lowest BCUT2D eigenvalue weighted by Crippen LogP contribution is -2.18. The van der Waals surface area contributed by atoms with E-state index in [1.54, 1.807) is 6.07 Å². The second-order valence-electron chi connectivity index (χ2n) is 3.40. The highest BCUT2D eigenvalue weighted by atomic mass is 79.9. The first-order valence-electron chi connectivity index (χ1n) is 4.46. The lowest BCUT2D eigenvalue weighted by atomic mass is 10.1. The molecule has 3 nitrogen and oxygen atoms in total. The number of hydrogen-bond donors (Lipinski definition) is 2. The van der Waals surface area contributed by atoms with E-state index in [1.165, 1.54) is 7.11 Å². The van der Waals surface area contributed by atoms with Gasteiger partial charge < -0.3 is 15.6 Å². The number of phenolic OH excluding ortho intramolecular Hbond substituents is 1. The predicted octanol–water partition coefficient (Wildman–Crippen LogP) is 2.82. The van der Waals surface area contributed by atoms with Crippen LogP contribution in [0.1, 0.15) is 12.5 Å². The van der Waals surface area contributed by atoms with Crippen molar-refractivity contribution in [1.29, 1.82) is 0 Å². The highest BCUT2D eigenvalue weighted by Gasteiger charge is 2.15. The van der Waals surface area contributed by atoms with Crippen molar-refractivity contribution in [3.05, 3.63) is 20.6 Å². The maximum absolute atomic E-state index is 9.70. The van der Waals surface area contributed by atoms with E-state index in [4.69, 9.17) is 10.5 Å². The highest BCUT2D eigenvalue weighted by molar-refractivity contribution is 9.13. The van der Waals surface area contributed by atoms with Crippen molar-refractivity contribution in [2.24, 2.45) is 5.73 Å². The molecule has 3 N–H and O–H groups in total. The van der Waals surface area contributed by atoms with Crippen LogP contribution in [0.15, 0.2) is 15.0 Å². The number of methoxy groups -OCH3 is 1. The highest BCUT2D eigenvalue weighted by Crippen LogP contribution is 2.41. The van der Waals surface area contributed by atoms with E-state index >= 15 is 0 Å². The number of benzene rings is 1.